The van der Waals surface area contributed by atoms with Crippen LogP contribution in [0.4, 0.5) is 0 Å². The Hall–Kier alpha value is -2.04. The van der Waals surface area contributed by atoms with Gasteiger partial charge in [0.15, 0.2) is 0 Å². The quantitative estimate of drug-likeness (QED) is 0.798. The van der Waals surface area contributed by atoms with Gasteiger partial charge in [-0.15, -0.1) is 11.3 Å². The second-order valence-corrected chi connectivity index (χ2v) is 5.51. The van der Waals surface area contributed by atoms with Crippen molar-refractivity contribution < 1.29 is 5.11 Å². The average Bonchev–Trinajstić information content (AvgIpc) is 3.00. The molecule has 0 radical (unpaired) electrons. The lowest BCUT2D eigenvalue weighted by molar-refractivity contribution is 0.282. The first kappa shape index (κ1) is 13.0. The van der Waals surface area contributed by atoms with E-state index in [9.17, 15) is 5.11 Å². The van der Waals surface area contributed by atoms with E-state index in [0.29, 0.717) is 0 Å². The van der Waals surface area contributed by atoms with E-state index in [1.165, 1.54) is 0 Å². The van der Waals surface area contributed by atoms with E-state index in [2.05, 4.69) is 9.97 Å². The third-order valence-electron chi connectivity index (χ3n) is 3.18. The Balaban J connectivity index is 1.93. The Morgan fingerprint density at radius 3 is 2.50 bits per heavy atom. The minimum Gasteiger partial charge on any atom is -0.395 e. The summed E-state index contributed by atoms with van der Waals surface area (Å²) in [5.74, 6) is -0.0343. The lowest BCUT2D eigenvalue weighted by Gasteiger charge is -2.11. The van der Waals surface area contributed by atoms with E-state index >= 15 is 0 Å². The van der Waals surface area contributed by atoms with Crippen molar-refractivity contribution in [3.8, 4) is 10.6 Å². The van der Waals surface area contributed by atoms with Crippen LogP contribution in [0, 0.1) is 0 Å². The first-order valence-electron chi connectivity index (χ1n) is 6.40. The van der Waals surface area contributed by atoms with E-state index in [-0.39, 0.29) is 12.5 Å². The second kappa shape index (κ2) is 5.94. The predicted octanol–water partition coefficient (Wildman–Crippen LogP) is 3.33. The van der Waals surface area contributed by atoms with Gasteiger partial charge in [0.05, 0.1) is 6.61 Å². The molecule has 2 aromatic heterocycles. The predicted molar refractivity (Wildman–Crippen MR) is 80.7 cm³/mol. The summed E-state index contributed by atoms with van der Waals surface area (Å²) in [5.41, 5.74) is 2.17. The Bertz CT molecular complexity index is 667. The molecule has 0 aliphatic rings. The summed E-state index contributed by atoms with van der Waals surface area (Å²) in [7, 11) is 0. The van der Waals surface area contributed by atoms with Crippen molar-refractivity contribution in [3.05, 3.63) is 71.5 Å². The summed E-state index contributed by atoms with van der Waals surface area (Å²) in [6, 6.07) is 14.0. The molecule has 0 saturated heterocycles. The number of aliphatic hydroxyl groups is 1. The van der Waals surface area contributed by atoms with Crippen molar-refractivity contribution in [3.63, 3.8) is 0 Å². The number of pyridine rings is 1. The third kappa shape index (κ3) is 2.61. The molecule has 0 aliphatic carbocycles. The molecule has 1 atom stereocenters. The van der Waals surface area contributed by atoms with Gasteiger partial charge in [-0.3, -0.25) is 4.98 Å². The topological polar surface area (TPSA) is 46.0 Å². The highest BCUT2D eigenvalue weighted by Gasteiger charge is 2.16. The van der Waals surface area contributed by atoms with Crippen LogP contribution in [0.3, 0.4) is 0 Å². The molecular formula is C16H14N2OS. The van der Waals surface area contributed by atoms with E-state index in [1.807, 2.05) is 48.7 Å². The molecule has 3 rings (SSSR count). The van der Waals surface area contributed by atoms with Crippen LogP contribution in [-0.4, -0.2) is 21.7 Å². The molecule has 100 valence electrons. The van der Waals surface area contributed by atoms with Crippen molar-refractivity contribution in [1.29, 1.82) is 0 Å². The highest BCUT2D eigenvalue weighted by Crippen LogP contribution is 2.32. The van der Waals surface area contributed by atoms with Crippen molar-refractivity contribution in [2.24, 2.45) is 0 Å². The molecule has 0 fully saturated rings. The van der Waals surface area contributed by atoms with E-state index < -0.39 is 0 Å². The first-order valence-corrected chi connectivity index (χ1v) is 7.22. The Morgan fingerprint density at radius 1 is 1.05 bits per heavy atom. The highest BCUT2D eigenvalue weighted by atomic mass is 32.1. The molecule has 0 bridgehead atoms. The van der Waals surface area contributed by atoms with Crippen LogP contribution in [0.1, 0.15) is 16.4 Å². The zero-order valence-corrected chi connectivity index (χ0v) is 11.6. The summed E-state index contributed by atoms with van der Waals surface area (Å²) in [6.07, 6.45) is 5.35. The molecule has 3 nitrogen and oxygen atoms in total. The summed E-state index contributed by atoms with van der Waals surface area (Å²) in [4.78, 5) is 9.55. The highest BCUT2D eigenvalue weighted by molar-refractivity contribution is 7.15. The van der Waals surface area contributed by atoms with Crippen LogP contribution >= 0.6 is 11.3 Å². The van der Waals surface area contributed by atoms with E-state index in [1.54, 1.807) is 23.7 Å². The molecule has 0 saturated carbocycles. The smallest absolute Gasteiger partial charge is 0.123 e. The Kier molecular flexibility index (Phi) is 3.85. The molecule has 2 heterocycles. The third-order valence-corrected chi connectivity index (χ3v) is 4.34. The van der Waals surface area contributed by atoms with Crippen LogP contribution in [0.25, 0.3) is 10.6 Å². The SMILES string of the molecule is OCC(c1ccncc1)c1cnc(-c2ccccc2)s1. The molecule has 0 aliphatic heterocycles. The zero-order valence-electron chi connectivity index (χ0n) is 10.8. The monoisotopic (exact) mass is 282 g/mol. The van der Waals surface area contributed by atoms with Gasteiger partial charge in [0.1, 0.15) is 5.01 Å². The normalized spacial score (nSPS) is 12.2. The molecular weight excluding hydrogens is 268 g/mol. The fraction of sp³-hybridized carbons (Fsp3) is 0.125. The maximum atomic E-state index is 9.67. The van der Waals surface area contributed by atoms with E-state index in [4.69, 9.17) is 0 Å². The number of nitrogens with zero attached hydrogens (tertiary/aromatic N) is 2. The molecule has 3 aromatic rings. The standard InChI is InChI=1S/C16H14N2OS/c19-11-14(12-6-8-17-9-7-12)15-10-18-16(20-15)13-4-2-1-3-5-13/h1-10,14,19H,11H2. The van der Waals surface area contributed by atoms with Gasteiger partial charge >= 0.3 is 0 Å². The van der Waals surface area contributed by atoms with Crippen molar-refractivity contribution in [2.45, 2.75) is 5.92 Å². The molecule has 1 unspecified atom stereocenters. The largest absolute Gasteiger partial charge is 0.395 e. The van der Waals surface area contributed by atoms with Crippen molar-refractivity contribution in [1.82, 2.24) is 9.97 Å². The van der Waals surface area contributed by atoms with Gasteiger partial charge in [-0.25, -0.2) is 4.98 Å². The number of benzene rings is 1. The lowest BCUT2D eigenvalue weighted by atomic mass is 10.0. The van der Waals surface area contributed by atoms with Crippen LogP contribution in [-0.2, 0) is 0 Å². The Labute approximate surface area is 121 Å². The van der Waals surface area contributed by atoms with Crippen LogP contribution in [0.5, 0.6) is 0 Å². The maximum absolute atomic E-state index is 9.67. The fourth-order valence-electron chi connectivity index (χ4n) is 2.12. The van der Waals surface area contributed by atoms with Crippen molar-refractivity contribution >= 4 is 11.3 Å². The molecule has 20 heavy (non-hydrogen) atoms. The Morgan fingerprint density at radius 2 is 1.80 bits per heavy atom. The minimum atomic E-state index is -0.0343. The van der Waals surface area contributed by atoms with Gasteiger partial charge in [-0.2, -0.15) is 0 Å². The molecule has 0 amide bonds. The maximum Gasteiger partial charge on any atom is 0.123 e. The zero-order chi connectivity index (χ0) is 13.8. The average molecular weight is 282 g/mol. The molecule has 1 N–H and O–H groups in total. The number of thiazole rings is 1. The van der Waals surface area contributed by atoms with Crippen LogP contribution in [0.2, 0.25) is 0 Å². The van der Waals surface area contributed by atoms with Gasteiger partial charge in [-0.1, -0.05) is 30.3 Å². The van der Waals surface area contributed by atoms with Gasteiger partial charge in [0.25, 0.3) is 0 Å². The summed E-state index contributed by atoms with van der Waals surface area (Å²) < 4.78 is 0. The van der Waals surface area contributed by atoms with E-state index in [0.717, 1.165) is 21.0 Å². The van der Waals surface area contributed by atoms with Crippen LogP contribution in [0.15, 0.2) is 61.1 Å². The summed E-state index contributed by atoms with van der Waals surface area (Å²) >= 11 is 1.62. The minimum absolute atomic E-state index is 0.0343. The first-order chi connectivity index (χ1) is 9.88. The number of rotatable bonds is 4. The number of aromatic nitrogens is 2. The molecule has 4 heteroatoms. The lowest BCUT2D eigenvalue weighted by Crippen LogP contribution is -2.03. The molecule has 0 spiro atoms. The second-order valence-electron chi connectivity index (χ2n) is 4.45. The van der Waals surface area contributed by atoms with Gasteiger partial charge in [0, 0.05) is 34.9 Å². The number of hydrogen-bond acceptors (Lipinski definition) is 4. The molecule has 1 aromatic carbocycles. The van der Waals surface area contributed by atoms with Crippen LogP contribution < -0.4 is 0 Å². The van der Waals surface area contributed by atoms with Crippen molar-refractivity contribution in [2.75, 3.05) is 6.61 Å². The van der Waals surface area contributed by atoms with Gasteiger partial charge in [0.2, 0.25) is 0 Å². The fourth-order valence-corrected chi connectivity index (χ4v) is 3.16. The van der Waals surface area contributed by atoms with Gasteiger partial charge in [-0.05, 0) is 17.7 Å². The summed E-state index contributed by atoms with van der Waals surface area (Å²) in [6.45, 7) is 0.0699. The number of hydrogen-bond donors (Lipinski definition) is 1. The number of aliphatic hydroxyl groups excluding tert-OH is 1. The summed E-state index contributed by atoms with van der Waals surface area (Å²) in [5, 5.41) is 10.7. The van der Waals surface area contributed by atoms with Gasteiger partial charge < -0.3 is 5.11 Å².